The second-order valence-corrected chi connectivity index (χ2v) is 2.58. The van der Waals surface area contributed by atoms with E-state index in [1.54, 1.807) is 13.2 Å². The number of halogens is 1. The Kier molecular flexibility index (Phi) is 3.10. The molecule has 1 aromatic heterocycles. The second kappa shape index (κ2) is 4.11. The summed E-state index contributed by atoms with van der Waals surface area (Å²) in [4.78, 5) is 8.10. The smallest absolute Gasteiger partial charge is 0.224 e. The Morgan fingerprint density at radius 1 is 1.58 bits per heavy atom. The third-order valence-electron chi connectivity index (χ3n) is 1.32. The molecule has 0 bridgehead atoms. The molecule has 1 rings (SSSR count). The topological polar surface area (TPSA) is 49.8 Å². The van der Waals surface area contributed by atoms with Gasteiger partial charge in [-0.1, -0.05) is 11.6 Å². The van der Waals surface area contributed by atoms with Gasteiger partial charge in [0, 0.05) is 13.6 Å². The third kappa shape index (κ3) is 1.98. The molecule has 0 saturated carbocycles. The van der Waals surface area contributed by atoms with Crippen LogP contribution < -0.4 is 10.6 Å². The van der Waals surface area contributed by atoms with Gasteiger partial charge in [0.15, 0.2) is 0 Å². The molecular formula is C7H11ClN4. The Balaban J connectivity index is 2.89. The van der Waals surface area contributed by atoms with E-state index < -0.39 is 0 Å². The highest BCUT2D eigenvalue weighted by Crippen LogP contribution is 2.17. The van der Waals surface area contributed by atoms with E-state index in [1.807, 2.05) is 6.92 Å². The van der Waals surface area contributed by atoms with Crippen molar-refractivity contribution in [1.29, 1.82) is 0 Å². The van der Waals surface area contributed by atoms with Crippen LogP contribution >= 0.6 is 11.6 Å². The predicted molar refractivity (Wildman–Crippen MR) is 50.8 cm³/mol. The number of nitrogens with zero attached hydrogens (tertiary/aromatic N) is 2. The number of nitrogens with one attached hydrogen (secondary N) is 2. The lowest BCUT2D eigenvalue weighted by atomic mass is 10.6. The van der Waals surface area contributed by atoms with Gasteiger partial charge in [0.25, 0.3) is 0 Å². The summed E-state index contributed by atoms with van der Waals surface area (Å²) in [6.45, 7) is 2.78. The minimum absolute atomic E-state index is 0.527. The molecule has 0 amide bonds. The number of hydrogen-bond donors (Lipinski definition) is 2. The van der Waals surface area contributed by atoms with Crippen LogP contribution in [0.2, 0.25) is 5.02 Å². The van der Waals surface area contributed by atoms with Crippen molar-refractivity contribution in [2.45, 2.75) is 6.92 Å². The van der Waals surface area contributed by atoms with E-state index in [2.05, 4.69) is 20.6 Å². The van der Waals surface area contributed by atoms with Crippen LogP contribution in [0.3, 0.4) is 0 Å². The summed E-state index contributed by atoms with van der Waals surface area (Å²) in [6.07, 6.45) is 1.57. The van der Waals surface area contributed by atoms with Crippen LogP contribution in [0.5, 0.6) is 0 Å². The van der Waals surface area contributed by atoms with Crippen LogP contribution in [0.15, 0.2) is 6.20 Å². The first-order valence-electron chi connectivity index (χ1n) is 3.72. The van der Waals surface area contributed by atoms with Gasteiger partial charge in [-0.2, -0.15) is 4.98 Å². The van der Waals surface area contributed by atoms with Crippen molar-refractivity contribution in [2.75, 3.05) is 24.2 Å². The van der Waals surface area contributed by atoms with E-state index >= 15 is 0 Å². The van der Waals surface area contributed by atoms with Crippen LogP contribution in [-0.2, 0) is 0 Å². The lowest BCUT2D eigenvalue weighted by molar-refractivity contribution is 1.08. The Morgan fingerprint density at radius 3 is 2.92 bits per heavy atom. The van der Waals surface area contributed by atoms with Gasteiger partial charge in [-0.15, -0.1) is 0 Å². The Morgan fingerprint density at radius 2 is 2.33 bits per heavy atom. The molecule has 0 unspecified atom stereocenters. The molecule has 0 aliphatic carbocycles. The van der Waals surface area contributed by atoms with Crippen molar-refractivity contribution in [3.8, 4) is 0 Å². The average molecular weight is 187 g/mol. The Bertz CT molecular complexity index is 264. The van der Waals surface area contributed by atoms with E-state index in [-0.39, 0.29) is 0 Å². The maximum Gasteiger partial charge on any atom is 0.224 e. The Labute approximate surface area is 76.4 Å². The van der Waals surface area contributed by atoms with Crippen molar-refractivity contribution in [1.82, 2.24) is 9.97 Å². The number of hydrogen-bond acceptors (Lipinski definition) is 4. The molecule has 0 aliphatic heterocycles. The summed E-state index contributed by atoms with van der Waals surface area (Å²) in [5.41, 5.74) is 0. The predicted octanol–water partition coefficient (Wildman–Crippen LogP) is 1.60. The van der Waals surface area contributed by atoms with E-state index in [4.69, 9.17) is 11.6 Å². The van der Waals surface area contributed by atoms with Gasteiger partial charge in [0.05, 0.1) is 6.20 Å². The number of anilines is 2. The monoisotopic (exact) mass is 186 g/mol. The molecule has 0 atom stereocenters. The zero-order chi connectivity index (χ0) is 8.97. The molecule has 1 aromatic rings. The zero-order valence-electron chi connectivity index (χ0n) is 7.06. The lowest BCUT2D eigenvalue weighted by Gasteiger charge is -2.04. The van der Waals surface area contributed by atoms with Crippen molar-refractivity contribution in [3.63, 3.8) is 0 Å². The van der Waals surface area contributed by atoms with Crippen LogP contribution in [0.4, 0.5) is 11.8 Å². The summed E-state index contributed by atoms with van der Waals surface area (Å²) in [7, 11) is 1.77. The highest BCUT2D eigenvalue weighted by atomic mass is 35.5. The normalized spacial score (nSPS) is 9.58. The standard InChI is InChI=1S/C7H11ClN4/c1-3-10-7-11-4-5(8)6(9-2)12-7/h4H,3H2,1-2H3,(H2,9,10,11,12). The van der Waals surface area contributed by atoms with Crippen molar-refractivity contribution in [2.24, 2.45) is 0 Å². The van der Waals surface area contributed by atoms with Crippen LogP contribution in [0.25, 0.3) is 0 Å². The van der Waals surface area contributed by atoms with Crippen molar-refractivity contribution < 1.29 is 0 Å². The van der Waals surface area contributed by atoms with Crippen LogP contribution in [0, 0.1) is 0 Å². The first-order valence-corrected chi connectivity index (χ1v) is 4.10. The first kappa shape index (κ1) is 9.06. The van der Waals surface area contributed by atoms with E-state index in [1.165, 1.54) is 0 Å². The van der Waals surface area contributed by atoms with E-state index in [0.717, 1.165) is 6.54 Å². The highest BCUT2D eigenvalue weighted by Gasteiger charge is 2.01. The second-order valence-electron chi connectivity index (χ2n) is 2.17. The molecule has 0 fully saturated rings. The summed E-state index contributed by atoms with van der Waals surface area (Å²) in [5.74, 6) is 1.23. The maximum absolute atomic E-state index is 5.78. The first-order chi connectivity index (χ1) is 5.77. The van der Waals surface area contributed by atoms with Crippen molar-refractivity contribution >= 4 is 23.4 Å². The lowest BCUT2D eigenvalue weighted by Crippen LogP contribution is -2.04. The Hall–Kier alpha value is -1.03. The molecule has 1 heterocycles. The minimum Gasteiger partial charge on any atom is -0.372 e. The molecule has 2 N–H and O–H groups in total. The van der Waals surface area contributed by atoms with Gasteiger partial charge in [-0.05, 0) is 6.92 Å². The molecule has 4 nitrogen and oxygen atoms in total. The number of aromatic nitrogens is 2. The average Bonchev–Trinajstić information content (AvgIpc) is 2.09. The van der Waals surface area contributed by atoms with Gasteiger partial charge in [-0.3, -0.25) is 0 Å². The number of rotatable bonds is 3. The van der Waals surface area contributed by atoms with Gasteiger partial charge in [0.1, 0.15) is 10.8 Å². The molecule has 12 heavy (non-hydrogen) atoms. The SMILES string of the molecule is CCNc1ncc(Cl)c(NC)n1. The van der Waals surface area contributed by atoms with E-state index in [9.17, 15) is 0 Å². The van der Waals surface area contributed by atoms with Crippen LogP contribution in [-0.4, -0.2) is 23.6 Å². The molecule has 0 radical (unpaired) electrons. The van der Waals surface area contributed by atoms with Gasteiger partial charge < -0.3 is 10.6 Å². The van der Waals surface area contributed by atoms with Crippen molar-refractivity contribution in [3.05, 3.63) is 11.2 Å². The zero-order valence-corrected chi connectivity index (χ0v) is 7.81. The fraction of sp³-hybridized carbons (Fsp3) is 0.429. The summed E-state index contributed by atoms with van der Waals surface area (Å²) in [6, 6.07) is 0. The molecule has 0 aromatic carbocycles. The minimum atomic E-state index is 0.527. The highest BCUT2D eigenvalue weighted by molar-refractivity contribution is 6.32. The fourth-order valence-electron chi connectivity index (χ4n) is 0.786. The fourth-order valence-corrected chi connectivity index (χ4v) is 0.971. The maximum atomic E-state index is 5.78. The van der Waals surface area contributed by atoms with E-state index in [0.29, 0.717) is 16.8 Å². The van der Waals surface area contributed by atoms with Gasteiger partial charge >= 0.3 is 0 Å². The van der Waals surface area contributed by atoms with Gasteiger partial charge in [0.2, 0.25) is 5.95 Å². The summed E-state index contributed by atoms with van der Waals surface area (Å²) < 4.78 is 0. The van der Waals surface area contributed by atoms with Gasteiger partial charge in [-0.25, -0.2) is 4.98 Å². The molecule has 5 heteroatoms. The molecule has 66 valence electrons. The summed E-state index contributed by atoms with van der Waals surface area (Å²) >= 11 is 5.78. The third-order valence-corrected chi connectivity index (χ3v) is 1.59. The molecule has 0 aliphatic rings. The van der Waals surface area contributed by atoms with Crippen LogP contribution in [0.1, 0.15) is 6.92 Å². The molecular weight excluding hydrogens is 176 g/mol. The summed E-state index contributed by atoms with van der Waals surface area (Å²) in [5, 5.41) is 6.39. The quantitative estimate of drug-likeness (QED) is 0.753. The molecule has 0 saturated heterocycles. The largest absolute Gasteiger partial charge is 0.372 e. The molecule has 0 spiro atoms.